The minimum atomic E-state index is -3.62. The van der Waals surface area contributed by atoms with E-state index in [1.165, 1.54) is 12.1 Å². The van der Waals surface area contributed by atoms with Crippen LogP contribution in [0.3, 0.4) is 0 Å². The second-order valence-corrected chi connectivity index (χ2v) is 7.40. The molecule has 0 spiro atoms. The summed E-state index contributed by atoms with van der Waals surface area (Å²) in [5.74, 6) is 0.282. The van der Waals surface area contributed by atoms with Crippen LogP contribution in [0, 0.1) is 0 Å². The van der Waals surface area contributed by atoms with Crippen molar-refractivity contribution >= 4 is 10.0 Å². The summed E-state index contributed by atoms with van der Waals surface area (Å²) in [6, 6.07) is 4.59. The lowest BCUT2D eigenvalue weighted by Gasteiger charge is -2.33. The van der Waals surface area contributed by atoms with Gasteiger partial charge in [-0.3, -0.25) is 0 Å². The zero-order valence-corrected chi connectivity index (χ0v) is 13.9. The molecule has 7 nitrogen and oxygen atoms in total. The van der Waals surface area contributed by atoms with Crippen LogP contribution in [0.4, 0.5) is 0 Å². The second-order valence-electron chi connectivity index (χ2n) is 5.64. The SMILES string of the molecule is CC1(CCNS(=O)(=O)c2ccc3c(c2)OCCO3)OCCCO1. The van der Waals surface area contributed by atoms with Crippen molar-refractivity contribution in [2.75, 3.05) is 33.0 Å². The number of sulfonamides is 1. The van der Waals surface area contributed by atoms with Crippen molar-refractivity contribution in [1.82, 2.24) is 4.72 Å². The molecule has 0 bridgehead atoms. The van der Waals surface area contributed by atoms with E-state index in [0.717, 1.165) is 6.42 Å². The minimum absolute atomic E-state index is 0.150. The maximum atomic E-state index is 12.4. The molecule has 0 atom stereocenters. The quantitative estimate of drug-likeness (QED) is 0.867. The van der Waals surface area contributed by atoms with Crippen molar-refractivity contribution in [3.63, 3.8) is 0 Å². The highest BCUT2D eigenvalue weighted by Crippen LogP contribution is 2.32. The van der Waals surface area contributed by atoms with Crippen molar-refractivity contribution < 1.29 is 27.4 Å². The van der Waals surface area contributed by atoms with Crippen molar-refractivity contribution in [2.45, 2.75) is 30.4 Å². The van der Waals surface area contributed by atoms with E-state index in [4.69, 9.17) is 18.9 Å². The molecule has 2 aliphatic rings. The highest BCUT2D eigenvalue weighted by atomic mass is 32.2. The minimum Gasteiger partial charge on any atom is -0.486 e. The average Bonchev–Trinajstić information content (AvgIpc) is 2.54. The number of hydrogen-bond donors (Lipinski definition) is 1. The maximum Gasteiger partial charge on any atom is 0.240 e. The standard InChI is InChI=1S/C15H21NO6S/c1-15(21-7-2-8-22-15)5-6-16-23(17,18)12-3-4-13-14(11-12)20-10-9-19-13/h3-4,11,16H,2,5-10H2,1H3. The molecule has 0 unspecified atom stereocenters. The van der Waals surface area contributed by atoms with Gasteiger partial charge in [-0.2, -0.15) is 0 Å². The summed E-state index contributed by atoms with van der Waals surface area (Å²) in [7, 11) is -3.62. The van der Waals surface area contributed by atoms with Crippen molar-refractivity contribution in [2.24, 2.45) is 0 Å². The van der Waals surface area contributed by atoms with Gasteiger partial charge in [0.1, 0.15) is 13.2 Å². The molecule has 3 rings (SSSR count). The monoisotopic (exact) mass is 343 g/mol. The van der Waals surface area contributed by atoms with Crippen LogP contribution in [0.5, 0.6) is 11.5 Å². The van der Waals surface area contributed by atoms with Crippen molar-refractivity contribution in [3.05, 3.63) is 18.2 Å². The molecule has 1 aromatic carbocycles. The van der Waals surface area contributed by atoms with Gasteiger partial charge < -0.3 is 18.9 Å². The van der Waals surface area contributed by atoms with Gasteiger partial charge in [-0.25, -0.2) is 13.1 Å². The highest BCUT2D eigenvalue weighted by molar-refractivity contribution is 7.89. The van der Waals surface area contributed by atoms with E-state index in [1.807, 2.05) is 6.92 Å². The van der Waals surface area contributed by atoms with E-state index < -0.39 is 15.8 Å². The summed E-state index contributed by atoms with van der Waals surface area (Å²) in [5, 5.41) is 0. The van der Waals surface area contributed by atoms with Crippen molar-refractivity contribution in [3.8, 4) is 11.5 Å². The van der Waals surface area contributed by atoms with Gasteiger partial charge >= 0.3 is 0 Å². The van der Waals surface area contributed by atoms with Gasteiger partial charge in [-0.1, -0.05) is 0 Å². The Labute approximate surface area is 135 Å². The van der Waals surface area contributed by atoms with Crippen LogP contribution in [0.25, 0.3) is 0 Å². The number of fused-ring (bicyclic) bond motifs is 1. The van der Waals surface area contributed by atoms with Crippen LogP contribution < -0.4 is 14.2 Å². The average molecular weight is 343 g/mol. The molecule has 0 amide bonds. The van der Waals surface area contributed by atoms with Crippen LogP contribution in [-0.2, 0) is 19.5 Å². The number of ether oxygens (including phenoxy) is 4. The summed E-state index contributed by atoms with van der Waals surface area (Å²) >= 11 is 0. The van der Waals surface area contributed by atoms with E-state index >= 15 is 0 Å². The molecule has 1 saturated heterocycles. The van der Waals surface area contributed by atoms with Gasteiger partial charge in [-0.05, 0) is 25.5 Å². The van der Waals surface area contributed by atoms with Crippen molar-refractivity contribution in [1.29, 1.82) is 0 Å². The summed E-state index contributed by atoms with van der Waals surface area (Å²) in [5.41, 5.74) is 0. The van der Waals surface area contributed by atoms with Crippen LogP contribution >= 0.6 is 0 Å². The Bertz CT molecular complexity index is 654. The third-order valence-electron chi connectivity index (χ3n) is 3.80. The number of rotatable bonds is 5. The Morgan fingerprint density at radius 2 is 1.78 bits per heavy atom. The molecule has 128 valence electrons. The van der Waals surface area contributed by atoms with Crippen LogP contribution in [0.2, 0.25) is 0 Å². The van der Waals surface area contributed by atoms with Gasteiger partial charge in [0.15, 0.2) is 17.3 Å². The number of nitrogens with one attached hydrogen (secondary N) is 1. The van der Waals surface area contributed by atoms with Gasteiger partial charge in [0, 0.05) is 19.0 Å². The predicted octanol–water partition coefficient (Wildman–Crippen LogP) is 1.28. The summed E-state index contributed by atoms with van der Waals surface area (Å²) < 4.78 is 49.3. The normalized spacial score (nSPS) is 20.2. The Morgan fingerprint density at radius 1 is 1.09 bits per heavy atom. The molecule has 1 fully saturated rings. The molecule has 0 aliphatic carbocycles. The molecular formula is C15H21NO6S. The molecule has 0 radical (unpaired) electrons. The Hall–Kier alpha value is -1.35. The summed E-state index contributed by atoms with van der Waals surface area (Å²) in [6.45, 7) is 4.20. The first-order chi connectivity index (χ1) is 11.0. The van der Waals surface area contributed by atoms with Crippen LogP contribution in [0.1, 0.15) is 19.8 Å². The fourth-order valence-electron chi connectivity index (χ4n) is 2.51. The summed E-state index contributed by atoms with van der Waals surface area (Å²) in [6.07, 6.45) is 1.30. The first-order valence-electron chi connectivity index (χ1n) is 7.66. The third-order valence-corrected chi connectivity index (χ3v) is 5.26. The molecule has 8 heteroatoms. The van der Waals surface area contributed by atoms with E-state index in [2.05, 4.69) is 4.72 Å². The third kappa shape index (κ3) is 3.95. The number of hydrogen-bond acceptors (Lipinski definition) is 6. The molecule has 1 N–H and O–H groups in total. The lowest BCUT2D eigenvalue weighted by atomic mass is 10.2. The fraction of sp³-hybridized carbons (Fsp3) is 0.600. The molecule has 1 aromatic rings. The molecule has 23 heavy (non-hydrogen) atoms. The Morgan fingerprint density at radius 3 is 2.52 bits per heavy atom. The highest BCUT2D eigenvalue weighted by Gasteiger charge is 2.29. The topological polar surface area (TPSA) is 83.1 Å². The van der Waals surface area contributed by atoms with E-state index in [-0.39, 0.29) is 11.4 Å². The lowest BCUT2D eigenvalue weighted by molar-refractivity contribution is -0.257. The Kier molecular flexibility index (Phi) is 4.77. The molecular weight excluding hydrogens is 322 g/mol. The fourth-order valence-corrected chi connectivity index (χ4v) is 3.55. The molecule has 0 aromatic heterocycles. The lowest BCUT2D eigenvalue weighted by Crippen LogP contribution is -2.40. The largest absolute Gasteiger partial charge is 0.486 e. The van der Waals surface area contributed by atoms with E-state index in [9.17, 15) is 8.42 Å². The predicted molar refractivity (Wildman–Crippen MR) is 82.2 cm³/mol. The van der Waals surface area contributed by atoms with Gasteiger partial charge in [-0.15, -0.1) is 0 Å². The summed E-state index contributed by atoms with van der Waals surface area (Å²) in [4.78, 5) is 0.150. The Balaban J connectivity index is 1.62. The molecule has 2 aliphatic heterocycles. The molecule has 2 heterocycles. The zero-order valence-electron chi connectivity index (χ0n) is 13.0. The smallest absolute Gasteiger partial charge is 0.240 e. The first kappa shape index (κ1) is 16.5. The molecule has 0 saturated carbocycles. The second kappa shape index (κ2) is 6.64. The maximum absolute atomic E-state index is 12.4. The van der Waals surface area contributed by atoms with E-state index in [1.54, 1.807) is 6.07 Å². The van der Waals surface area contributed by atoms with Crippen LogP contribution in [0.15, 0.2) is 23.1 Å². The number of benzene rings is 1. The van der Waals surface area contributed by atoms with Gasteiger partial charge in [0.2, 0.25) is 10.0 Å². The zero-order chi connectivity index (χ0) is 16.3. The van der Waals surface area contributed by atoms with E-state index in [0.29, 0.717) is 44.3 Å². The first-order valence-corrected chi connectivity index (χ1v) is 9.14. The van der Waals surface area contributed by atoms with Gasteiger partial charge in [0.25, 0.3) is 0 Å². The van der Waals surface area contributed by atoms with Crippen LogP contribution in [-0.4, -0.2) is 47.2 Å². The van der Waals surface area contributed by atoms with Gasteiger partial charge in [0.05, 0.1) is 18.1 Å².